The van der Waals surface area contributed by atoms with E-state index in [1.54, 1.807) is 6.07 Å². The van der Waals surface area contributed by atoms with Gasteiger partial charge in [0.15, 0.2) is 6.61 Å². The van der Waals surface area contributed by atoms with Gasteiger partial charge in [-0.25, -0.2) is 9.18 Å². The first-order valence-electron chi connectivity index (χ1n) is 9.65. The Hall–Kier alpha value is -3.28. The minimum absolute atomic E-state index is 0.0501. The molecule has 0 fully saturated rings. The molecule has 148 valence electrons. The van der Waals surface area contributed by atoms with E-state index in [9.17, 15) is 14.0 Å². The number of carbonyl (C=O) groups excluding carboxylic acids is 2. The second kappa shape index (κ2) is 7.99. The number of halogens is 1. The lowest BCUT2D eigenvalue weighted by Gasteiger charge is -2.24. The van der Waals surface area contributed by atoms with Crippen LogP contribution < -0.4 is 5.32 Å². The van der Waals surface area contributed by atoms with E-state index in [1.807, 2.05) is 24.3 Å². The number of aromatic nitrogens is 1. The molecule has 5 nitrogen and oxygen atoms in total. The summed E-state index contributed by atoms with van der Waals surface area (Å²) in [6, 6.07) is 13.3. The first-order chi connectivity index (χ1) is 14.0. The fraction of sp³-hybridized carbons (Fsp3) is 0.261. The third-order valence-corrected chi connectivity index (χ3v) is 5.19. The smallest absolute Gasteiger partial charge is 0.339 e. The van der Waals surface area contributed by atoms with Crippen molar-refractivity contribution in [2.45, 2.75) is 26.2 Å². The van der Waals surface area contributed by atoms with E-state index in [0.29, 0.717) is 11.5 Å². The van der Waals surface area contributed by atoms with Gasteiger partial charge < -0.3 is 10.1 Å². The van der Waals surface area contributed by atoms with Crippen molar-refractivity contribution in [3.05, 3.63) is 71.2 Å². The summed E-state index contributed by atoms with van der Waals surface area (Å²) in [7, 11) is 0. The van der Waals surface area contributed by atoms with E-state index < -0.39 is 24.3 Å². The summed E-state index contributed by atoms with van der Waals surface area (Å²) in [5.41, 5.74) is 3.10. The van der Waals surface area contributed by atoms with Gasteiger partial charge in [0.1, 0.15) is 5.82 Å². The maximum atomic E-state index is 13.7. The number of nitrogens with one attached hydrogen (secondary N) is 1. The SMILES string of the molecule is CC1CCc2nc3ccccc3c(C(=O)OCC(=O)Nc3ccccc3F)c2C1. The highest BCUT2D eigenvalue weighted by Gasteiger charge is 2.26. The number of aryl methyl sites for hydroxylation is 1. The Kier molecular flexibility index (Phi) is 5.25. The molecule has 0 saturated carbocycles. The topological polar surface area (TPSA) is 68.3 Å². The van der Waals surface area contributed by atoms with Gasteiger partial charge in [0.25, 0.3) is 5.91 Å². The lowest BCUT2D eigenvalue weighted by Crippen LogP contribution is -2.24. The number of benzene rings is 2. The van der Waals surface area contributed by atoms with Crippen molar-refractivity contribution in [2.24, 2.45) is 5.92 Å². The maximum Gasteiger partial charge on any atom is 0.339 e. The molecule has 0 aliphatic heterocycles. The summed E-state index contributed by atoms with van der Waals surface area (Å²) >= 11 is 0. The lowest BCUT2D eigenvalue weighted by molar-refractivity contribution is -0.119. The van der Waals surface area contributed by atoms with Crippen LogP contribution in [-0.4, -0.2) is 23.5 Å². The molecule has 1 aromatic heterocycles. The third kappa shape index (κ3) is 3.97. The predicted molar refractivity (Wildman–Crippen MR) is 108 cm³/mol. The first kappa shape index (κ1) is 19.1. The Labute approximate surface area is 167 Å². The number of nitrogens with zero attached hydrogens (tertiary/aromatic N) is 1. The van der Waals surface area contributed by atoms with Crippen molar-refractivity contribution >= 4 is 28.5 Å². The number of hydrogen-bond acceptors (Lipinski definition) is 4. The normalized spacial score (nSPS) is 15.6. The van der Waals surface area contributed by atoms with Crippen molar-refractivity contribution in [1.29, 1.82) is 0 Å². The minimum atomic E-state index is -0.593. The van der Waals surface area contributed by atoms with Gasteiger partial charge in [0.05, 0.1) is 16.8 Å². The molecule has 0 radical (unpaired) electrons. The Morgan fingerprint density at radius 1 is 1.17 bits per heavy atom. The molecular formula is C23H21FN2O3. The molecule has 1 heterocycles. The Morgan fingerprint density at radius 2 is 1.93 bits per heavy atom. The number of esters is 1. The molecular weight excluding hydrogens is 371 g/mol. The molecule has 4 rings (SSSR count). The summed E-state index contributed by atoms with van der Waals surface area (Å²) in [5, 5.41) is 3.14. The van der Waals surface area contributed by atoms with Crippen LogP contribution in [0.1, 0.15) is 35.0 Å². The van der Waals surface area contributed by atoms with E-state index in [1.165, 1.54) is 18.2 Å². The zero-order chi connectivity index (χ0) is 20.4. The molecule has 1 amide bonds. The van der Waals surface area contributed by atoms with Gasteiger partial charge in [0.2, 0.25) is 0 Å². The highest BCUT2D eigenvalue weighted by atomic mass is 19.1. The van der Waals surface area contributed by atoms with Gasteiger partial charge in [-0.05, 0) is 48.9 Å². The molecule has 0 spiro atoms. The van der Waals surface area contributed by atoms with Gasteiger partial charge in [-0.15, -0.1) is 0 Å². The maximum absolute atomic E-state index is 13.7. The fourth-order valence-electron chi connectivity index (χ4n) is 3.75. The minimum Gasteiger partial charge on any atom is -0.452 e. The number of ether oxygens (including phenoxy) is 1. The number of para-hydroxylation sites is 2. The van der Waals surface area contributed by atoms with Crippen LogP contribution in [0.2, 0.25) is 0 Å². The van der Waals surface area contributed by atoms with Gasteiger partial charge >= 0.3 is 5.97 Å². The summed E-state index contributed by atoms with van der Waals surface area (Å²) in [6.07, 6.45) is 2.59. The number of rotatable bonds is 4. The fourth-order valence-corrected chi connectivity index (χ4v) is 3.75. The molecule has 1 unspecified atom stereocenters. The van der Waals surface area contributed by atoms with E-state index in [4.69, 9.17) is 9.72 Å². The van der Waals surface area contributed by atoms with E-state index in [-0.39, 0.29) is 5.69 Å². The van der Waals surface area contributed by atoms with Crippen molar-refractivity contribution in [1.82, 2.24) is 4.98 Å². The molecule has 29 heavy (non-hydrogen) atoms. The van der Waals surface area contributed by atoms with Crippen LogP contribution in [0.5, 0.6) is 0 Å². The number of carbonyl (C=O) groups is 2. The number of anilines is 1. The Morgan fingerprint density at radius 3 is 2.76 bits per heavy atom. The standard InChI is InChI=1S/C23H21FN2O3/c1-14-10-11-19-16(12-14)22(15-6-2-4-8-18(15)25-19)23(28)29-13-21(27)26-20-9-5-3-7-17(20)24/h2-9,14H,10-13H2,1H3,(H,26,27). The quantitative estimate of drug-likeness (QED) is 0.673. The third-order valence-electron chi connectivity index (χ3n) is 5.19. The Bertz CT molecular complexity index is 1100. The first-order valence-corrected chi connectivity index (χ1v) is 9.65. The van der Waals surface area contributed by atoms with Crippen LogP contribution in [0.25, 0.3) is 10.9 Å². The van der Waals surface area contributed by atoms with Gasteiger partial charge in [-0.1, -0.05) is 37.3 Å². The molecule has 3 aromatic rings. The summed E-state index contributed by atoms with van der Waals surface area (Å²) < 4.78 is 19.0. The average molecular weight is 392 g/mol. The second-order valence-electron chi connectivity index (χ2n) is 7.38. The number of pyridine rings is 1. The zero-order valence-electron chi connectivity index (χ0n) is 16.1. The number of amides is 1. The summed E-state index contributed by atoms with van der Waals surface area (Å²) in [6.45, 7) is 1.66. The van der Waals surface area contributed by atoms with Crippen molar-refractivity contribution in [3.8, 4) is 0 Å². The van der Waals surface area contributed by atoms with Crippen LogP contribution in [-0.2, 0) is 22.4 Å². The highest BCUT2D eigenvalue weighted by molar-refractivity contribution is 6.06. The molecule has 1 atom stereocenters. The predicted octanol–water partition coefficient (Wildman–Crippen LogP) is 4.29. The Balaban J connectivity index is 1.57. The largest absolute Gasteiger partial charge is 0.452 e. The molecule has 1 aliphatic carbocycles. The molecule has 6 heteroatoms. The molecule has 1 aliphatic rings. The van der Waals surface area contributed by atoms with Crippen molar-refractivity contribution in [3.63, 3.8) is 0 Å². The summed E-state index contributed by atoms with van der Waals surface area (Å²) in [4.78, 5) is 29.8. The molecule has 1 N–H and O–H groups in total. The van der Waals surface area contributed by atoms with Crippen LogP contribution in [0.4, 0.5) is 10.1 Å². The highest BCUT2D eigenvalue weighted by Crippen LogP contribution is 2.32. The van der Waals surface area contributed by atoms with Crippen LogP contribution >= 0.6 is 0 Å². The molecule has 0 saturated heterocycles. The van der Waals surface area contributed by atoms with E-state index in [2.05, 4.69) is 12.2 Å². The van der Waals surface area contributed by atoms with Crippen LogP contribution in [0, 0.1) is 11.7 Å². The second-order valence-corrected chi connectivity index (χ2v) is 7.38. The van der Waals surface area contributed by atoms with Crippen molar-refractivity contribution < 1.29 is 18.7 Å². The van der Waals surface area contributed by atoms with Gasteiger partial charge in [0, 0.05) is 11.1 Å². The number of hydrogen-bond donors (Lipinski definition) is 1. The molecule has 0 bridgehead atoms. The average Bonchev–Trinajstić information content (AvgIpc) is 2.72. The van der Waals surface area contributed by atoms with E-state index >= 15 is 0 Å². The van der Waals surface area contributed by atoms with Gasteiger partial charge in [-0.3, -0.25) is 9.78 Å². The zero-order valence-corrected chi connectivity index (χ0v) is 16.1. The van der Waals surface area contributed by atoms with Gasteiger partial charge in [-0.2, -0.15) is 0 Å². The van der Waals surface area contributed by atoms with Crippen molar-refractivity contribution in [2.75, 3.05) is 11.9 Å². The van der Waals surface area contributed by atoms with Crippen LogP contribution in [0.15, 0.2) is 48.5 Å². The van der Waals surface area contributed by atoms with E-state index in [0.717, 1.165) is 41.4 Å². The van der Waals surface area contributed by atoms with Crippen LogP contribution in [0.3, 0.4) is 0 Å². The lowest BCUT2D eigenvalue weighted by atomic mass is 9.84. The number of fused-ring (bicyclic) bond motifs is 2. The monoisotopic (exact) mass is 392 g/mol. The summed E-state index contributed by atoms with van der Waals surface area (Å²) in [5.74, 6) is -1.25. The molecule has 2 aromatic carbocycles.